The standard InChI is InChI=1S/C36H49FN4O3/c1-5-25(4)35(36(42)43)40-23-29(33(24-40)28-11-9-12-30(37)20-28)22-39-16-14-27(15-17-39)34-21-31(38-41(34)6-2)18-26-10-8-13-32(19-26)44-7-3/h8-13,19-21,25,27,29,33,35H,5-7,14-18,22-24H2,1-4H3,(H,42,43)/t25-,29-,33+,35+/m0/s1. The number of likely N-dealkylation sites (tertiary alicyclic amines) is 2. The fraction of sp³-hybridized carbons (Fsp3) is 0.556. The van der Waals surface area contributed by atoms with E-state index in [2.05, 4.69) is 46.5 Å². The Morgan fingerprint density at radius 3 is 2.52 bits per heavy atom. The van der Waals surface area contributed by atoms with E-state index in [4.69, 9.17) is 9.84 Å². The predicted molar refractivity (Wildman–Crippen MR) is 172 cm³/mol. The highest BCUT2D eigenvalue weighted by Gasteiger charge is 2.42. The highest BCUT2D eigenvalue weighted by atomic mass is 19.1. The second-order valence-corrected chi connectivity index (χ2v) is 12.8. The summed E-state index contributed by atoms with van der Waals surface area (Å²) in [5, 5.41) is 15.1. The molecule has 3 heterocycles. The number of aryl methyl sites for hydroxylation is 1. The van der Waals surface area contributed by atoms with Gasteiger partial charge in [0, 0.05) is 50.1 Å². The molecular formula is C36H49FN4O3. The molecule has 0 amide bonds. The van der Waals surface area contributed by atoms with E-state index in [9.17, 15) is 14.3 Å². The molecule has 7 nitrogen and oxygen atoms in total. The summed E-state index contributed by atoms with van der Waals surface area (Å²) in [6.45, 7) is 14.0. The van der Waals surface area contributed by atoms with E-state index < -0.39 is 12.0 Å². The first-order valence-electron chi connectivity index (χ1n) is 16.5. The Labute approximate surface area is 262 Å². The largest absolute Gasteiger partial charge is 0.494 e. The lowest BCUT2D eigenvalue weighted by molar-refractivity contribution is -0.145. The first kappa shape index (κ1) is 32.2. The van der Waals surface area contributed by atoms with Crippen LogP contribution in [-0.2, 0) is 17.8 Å². The molecule has 3 aromatic rings. The second kappa shape index (κ2) is 14.7. The van der Waals surface area contributed by atoms with Crippen LogP contribution in [0.25, 0.3) is 0 Å². The van der Waals surface area contributed by atoms with Crippen LogP contribution in [0.15, 0.2) is 54.6 Å². The summed E-state index contributed by atoms with van der Waals surface area (Å²) >= 11 is 0. The molecule has 238 valence electrons. The highest BCUT2D eigenvalue weighted by Crippen LogP contribution is 2.38. The lowest BCUT2D eigenvalue weighted by atomic mass is 9.87. The van der Waals surface area contributed by atoms with E-state index in [1.165, 1.54) is 17.3 Å². The van der Waals surface area contributed by atoms with E-state index in [-0.39, 0.29) is 23.6 Å². The zero-order valence-corrected chi connectivity index (χ0v) is 26.8. The van der Waals surface area contributed by atoms with Gasteiger partial charge in [0.1, 0.15) is 17.6 Å². The summed E-state index contributed by atoms with van der Waals surface area (Å²) < 4.78 is 22.2. The molecule has 2 fully saturated rings. The second-order valence-electron chi connectivity index (χ2n) is 12.8. The van der Waals surface area contributed by atoms with Gasteiger partial charge < -0.3 is 14.7 Å². The van der Waals surface area contributed by atoms with Crippen LogP contribution in [0.5, 0.6) is 5.75 Å². The molecular weight excluding hydrogens is 555 g/mol. The molecule has 2 aromatic carbocycles. The number of halogens is 1. The van der Waals surface area contributed by atoms with Gasteiger partial charge in [-0.05, 0) is 93.1 Å². The molecule has 0 bridgehead atoms. The molecule has 1 aromatic heterocycles. The van der Waals surface area contributed by atoms with Crippen molar-refractivity contribution in [3.63, 3.8) is 0 Å². The Morgan fingerprint density at radius 2 is 1.84 bits per heavy atom. The van der Waals surface area contributed by atoms with Crippen LogP contribution in [0.4, 0.5) is 4.39 Å². The van der Waals surface area contributed by atoms with Crippen LogP contribution in [-0.4, -0.2) is 76.0 Å². The van der Waals surface area contributed by atoms with Crippen molar-refractivity contribution >= 4 is 5.97 Å². The predicted octanol–water partition coefficient (Wildman–Crippen LogP) is 6.43. The van der Waals surface area contributed by atoms with Crippen LogP contribution >= 0.6 is 0 Å². The third-order valence-electron chi connectivity index (χ3n) is 9.83. The normalized spacial score (nSPS) is 21.4. The molecule has 8 heteroatoms. The van der Waals surface area contributed by atoms with Gasteiger partial charge in [0.25, 0.3) is 0 Å². The fourth-order valence-corrected chi connectivity index (χ4v) is 7.43. The maximum absolute atomic E-state index is 14.3. The molecule has 2 aliphatic heterocycles. The van der Waals surface area contributed by atoms with Gasteiger partial charge in [0.15, 0.2) is 0 Å². The summed E-state index contributed by atoms with van der Waals surface area (Å²) in [7, 11) is 0. The summed E-state index contributed by atoms with van der Waals surface area (Å²) in [6, 6.07) is 17.0. The number of hydrogen-bond donors (Lipinski definition) is 1. The smallest absolute Gasteiger partial charge is 0.321 e. The Bertz CT molecular complexity index is 1390. The van der Waals surface area contributed by atoms with E-state index in [1.807, 2.05) is 32.0 Å². The molecule has 0 saturated carbocycles. The van der Waals surface area contributed by atoms with E-state index in [1.54, 1.807) is 12.1 Å². The van der Waals surface area contributed by atoms with Gasteiger partial charge in [-0.3, -0.25) is 14.4 Å². The Hall–Kier alpha value is -3.23. The number of rotatable bonds is 13. The topological polar surface area (TPSA) is 70.8 Å². The molecule has 0 spiro atoms. The van der Waals surface area contributed by atoms with Crippen LogP contribution in [0, 0.1) is 17.7 Å². The number of carboxylic acids is 1. The zero-order chi connectivity index (χ0) is 31.2. The minimum Gasteiger partial charge on any atom is -0.494 e. The maximum Gasteiger partial charge on any atom is 0.321 e. The van der Waals surface area contributed by atoms with Gasteiger partial charge in [0.05, 0.1) is 12.3 Å². The number of piperidine rings is 1. The van der Waals surface area contributed by atoms with Crippen molar-refractivity contribution in [1.29, 1.82) is 0 Å². The minimum atomic E-state index is -0.757. The van der Waals surface area contributed by atoms with E-state index in [0.29, 0.717) is 19.1 Å². The zero-order valence-electron chi connectivity index (χ0n) is 26.8. The first-order chi connectivity index (χ1) is 21.3. The fourth-order valence-electron chi connectivity index (χ4n) is 7.43. The third kappa shape index (κ3) is 7.52. The number of benzene rings is 2. The quantitative estimate of drug-likeness (QED) is 0.243. The Kier molecular flexibility index (Phi) is 10.7. The van der Waals surface area contributed by atoms with Crippen LogP contribution < -0.4 is 4.74 Å². The van der Waals surface area contributed by atoms with Crippen LogP contribution in [0.1, 0.15) is 81.3 Å². The van der Waals surface area contributed by atoms with Crippen LogP contribution in [0.2, 0.25) is 0 Å². The number of carbonyl (C=O) groups is 1. The molecule has 44 heavy (non-hydrogen) atoms. The first-order valence-corrected chi connectivity index (χ1v) is 16.5. The number of carboxylic acid groups (broad SMARTS) is 1. The molecule has 2 saturated heterocycles. The minimum absolute atomic E-state index is 0.0528. The molecule has 0 radical (unpaired) electrons. The number of ether oxygens (including phenoxy) is 1. The molecule has 5 rings (SSSR count). The van der Waals surface area contributed by atoms with Gasteiger partial charge in [0.2, 0.25) is 0 Å². The van der Waals surface area contributed by atoms with Gasteiger partial charge in [-0.2, -0.15) is 5.10 Å². The summed E-state index contributed by atoms with van der Waals surface area (Å²) in [6.07, 6.45) is 3.73. The third-order valence-corrected chi connectivity index (χ3v) is 9.83. The lowest BCUT2D eigenvalue weighted by Gasteiger charge is -2.35. The molecule has 2 aliphatic rings. The molecule has 4 atom stereocenters. The van der Waals surface area contributed by atoms with Gasteiger partial charge in [-0.15, -0.1) is 0 Å². The molecule has 0 unspecified atom stereocenters. The van der Waals surface area contributed by atoms with Crippen molar-refractivity contribution in [2.75, 3.05) is 39.3 Å². The Morgan fingerprint density at radius 1 is 1.07 bits per heavy atom. The van der Waals surface area contributed by atoms with Gasteiger partial charge in [-0.25, -0.2) is 4.39 Å². The average Bonchev–Trinajstić information content (AvgIpc) is 3.61. The van der Waals surface area contributed by atoms with Crippen molar-refractivity contribution in [1.82, 2.24) is 19.6 Å². The van der Waals surface area contributed by atoms with Crippen molar-refractivity contribution in [3.05, 3.63) is 82.9 Å². The maximum atomic E-state index is 14.3. The van der Waals surface area contributed by atoms with E-state index >= 15 is 0 Å². The molecule has 0 aliphatic carbocycles. The summed E-state index contributed by atoms with van der Waals surface area (Å²) in [5.74, 6) is 0.786. The SMILES string of the molecule is CCOc1cccc(Cc2cc(C3CCN(C[C@H]4CN([C@@H](C(=O)O)[C@@H](C)CC)C[C@@H]4c4cccc(F)c4)CC3)n(CC)n2)c1. The van der Waals surface area contributed by atoms with Crippen molar-refractivity contribution in [3.8, 4) is 5.75 Å². The van der Waals surface area contributed by atoms with E-state index in [0.717, 1.165) is 75.4 Å². The number of hydrogen-bond acceptors (Lipinski definition) is 5. The molecule has 1 N–H and O–H groups in total. The van der Waals surface area contributed by atoms with Gasteiger partial charge >= 0.3 is 5.97 Å². The monoisotopic (exact) mass is 604 g/mol. The summed E-state index contributed by atoms with van der Waals surface area (Å²) in [5.41, 5.74) is 4.60. The number of aromatic nitrogens is 2. The highest BCUT2D eigenvalue weighted by molar-refractivity contribution is 5.74. The Balaban J connectivity index is 1.25. The van der Waals surface area contributed by atoms with Crippen LogP contribution in [0.3, 0.4) is 0 Å². The lowest BCUT2D eigenvalue weighted by Crippen LogP contribution is -2.45. The number of nitrogens with zero attached hydrogens (tertiary/aromatic N) is 4. The van der Waals surface area contributed by atoms with Gasteiger partial charge in [-0.1, -0.05) is 44.5 Å². The van der Waals surface area contributed by atoms with Crippen molar-refractivity contribution in [2.45, 2.75) is 77.8 Å². The van der Waals surface area contributed by atoms with Crippen molar-refractivity contribution in [2.24, 2.45) is 11.8 Å². The number of aliphatic carboxylic acids is 1. The average molecular weight is 605 g/mol. The summed E-state index contributed by atoms with van der Waals surface area (Å²) in [4.78, 5) is 17.0. The van der Waals surface area contributed by atoms with Crippen molar-refractivity contribution < 1.29 is 19.0 Å².